The van der Waals surface area contributed by atoms with Gasteiger partial charge in [0.25, 0.3) is 0 Å². The third kappa shape index (κ3) is 6.76. The van der Waals surface area contributed by atoms with Crippen molar-refractivity contribution in [3.05, 3.63) is 95.6 Å². The van der Waals surface area contributed by atoms with Crippen molar-refractivity contribution >= 4 is 5.69 Å². The van der Waals surface area contributed by atoms with E-state index < -0.39 is 11.7 Å². The van der Waals surface area contributed by atoms with Crippen LogP contribution in [0.2, 0.25) is 0 Å². The molecule has 3 rings (SSSR count). The molecule has 0 amide bonds. The Morgan fingerprint density at radius 3 is 2.00 bits per heavy atom. The first-order valence-electron chi connectivity index (χ1n) is 10.6. The highest BCUT2D eigenvalue weighted by molar-refractivity contribution is 5.46. The molecule has 0 heterocycles. The number of nitrogens with zero attached hydrogens (tertiary/aromatic N) is 2. The maximum absolute atomic E-state index is 12.8. The van der Waals surface area contributed by atoms with E-state index in [2.05, 4.69) is 41.1 Å². The van der Waals surface area contributed by atoms with Gasteiger partial charge in [0.15, 0.2) is 0 Å². The Morgan fingerprint density at radius 2 is 1.44 bits per heavy atom. The highest BCUT2D eigenvalue weighted by atomic mass is 19.4. The van der Waals surface area contributed by atoms with E-state index in [4.69, 9.17) is 4.74 Å². The maximum atomic E-state index is 12.8. The molecule has 3 aromatic carbocycles. The standard InChI is InChI=1S/C26H29F3N2O/c1-30(2)23-13-9-20(10-14-23)19-31(3)18-17-25(21-7-5-4-6-8-21)32-24-15-11-22(12-16-24)26(27,28)29/h4-16,25H,17-19H2,1-3H3. The average molecular weight is 443 g/mol. The number of hydrogen-bond acceptors (Lipinski definition) is 3. The quantitative estimate of drug-likeness (QED) is 0.381. The van der Waals surface area contributed by atoms with Crippen LogP contribution in [0.25, 0.3) is 0 Å². The van der Waals surface area contributed by atoms with Crippen LogP contribution in [-0.4, -0.2) is 32.6 Å². The summed E-state index contributed by atoms with van der Waals surface area (Å²) in [6, 6.07) is 23.1. The van der Waals surface area contributed by atoms with Crippen LogP contribution < -0.4 is 9.64 Å². The van der Waals surface area contributed by atoms with Crippen molar-refractivity contribution in [3.63, 3.8) is 0 Å². The number of alkyl halides is 3. The lowest BCUT2D eigenvalue weighted by Crippen LogP contribution is -2.22. The lowest BCUT2D eigenvalue weighted by atomic mass is 10.1. The minimum Gasteiger partial charge on any atom is -0.486 e. The SMILES string of the molecule is CN(CCC(Oc1ccc(C(F)(F)F)cc1)c1ccccc1)Cc1ccc(N(C)C)cc1. The molecule has 0 saturated heterocycles. The average Bonchev–Trinajstić information content (AvgIpc) is 2.77. The van der Waals surface area contributed by atoms with Crippen LogP contribution in [0, 0.1) is 0 Å². The Hall–Kier alpha value is -2.99. The van der Waals surface area contributed by atoms with Gasteiger partial charge in [0.2, 0.25) is 0 Å². The van der Waals surface area contributed by atoms with Crippen LogP contribution in [0.15, 0.2) is 78.9 Å². The van der Waals surface area contributed by atoms with Crippen LogP contribution in [0.4, 0.5) is 18.9 Å². The molecule has 0 spiro atoms. The summed E-state index contributed by atoms with van der Waals surface area (Å²) >= 11 is 0. The van der Waals surface area contributed by atoms with Gasteiger partial charge in [0.05, 0.1) is 5.56 Å². The molecule has 1 unspecified atom stereocenters. The van der Waals surface area contributed by atoms with Crippen molar-refractivity contribution in [1.82, 2.24) is 4.90 Å². The molecule has 0 bridgehead atoms. The van der Waals surface area contributed by atoms with Crippen LogP contribution in [0.3, 0.4) is 0 Å². The fourth-order valence-corrected chi connectivity index (χ4v) is 3.48. The Balaban J connectivity index is 1.64. The predicted octanol–water partition coefficient (Wildman–Crippen LogP) is 6.41. The van der Waals surface area contributed by atoms with E-state index in [-0.39, 0.29) is 6.10 Å². The zero-order valence-electron chi connectivity index (χ0n) is 18.6. The summed E-state index contributed by atoms with van der Waals surface area (Å²) in [5.74, 6) is 0.425. The summed E-state index contributed by atoms with van der Waals surface area (Å²) in [7, 11) is 6.09. The number of hydrogen-bond donors (Lipinski definition) is 0. The van der Waals surface area contributed by atoms with Gasteiger partial charge in [-0.1, -0.05) is 42.5 Å². The summed E-state index contributed by atoms with van der Waals surface area (Å²) in [4.78, 5) is 4.28. The summed E-state index contributed by atoms with van der Waals surface area (Å²) in [5.41, 5.74) is 2.70. The molecule has 0 aliphatic heterocycles. The molecule has 6 heteroatoms. The van der Waals surface area contributed by atoms with E-state index in [0.717, 1.165) is 36.5 Å². The van der Waals surface area contributed by atoms with Gasteiger partial charge < -0.3 is 14.5 Å². The summed E-state index contributed by atoms with van der Waals surface area (Å²) in [6.45, 7) is 1.57. The molecule has 3 nitrogen and oxygen atoms in total. The number of rotatable bonds is 9. The minimum absolute atomic E-state index is 0.258. The van der Waals surface area contributed by atoms with Gasteiger partial charge in [-0.3, -0.25) is 0 Å². The van der Waals surface area contributed by atoms with Crippen molar-refractivity contribution < 1.29 is 17.9 Å². The monoisotopic (exact) mass is 442 g/mol. The van der Waals surface area contributed by atoms with Crippen LogP contribution >= 0.6 is 0 Å². The van der Waals surface area contributed by atoms with Gasteiger partial charge in [-0.2, -0.15) is 13.2 Å². The largest absolute Gasteiger partial charge is 0.486 e. The molecular weight excluding hydrogens is 413 g/mol. The van der Waals surface area contributed by atoms with Gasteiger partial charge in [0.1, 0.15) is 11.9 Å². The second-order valence-corrected chi connectivity index (χ2v) is 8.13. The summed E-state index contributed by atoms with van der Waals surface area (Å²) < 4.78 is 44.7. The Labute approximate surface area is 188 Å². The highest BCUT2D eigenvalue weighted by Gasteiger charge is 2.30. The van der Waals surface area contributed by atoms with Crippen molar-refractivity contribution in [2.75, 3.05) is 32.6 Å². The fourth-order valence-electron chi connectivity index (χ4n) is 3.48. The molecule has 32 heavy (non-hydrogen) atoms. The molecule has 0 saturated carbocycles. The fraction of sp³-hybridized carbons (Fsp3) is 0.308. The minimum atomic E-state index is -4.36. The first-order valence-corrected chi connectivity index (χ1v) is 10.6. The van der Waals surface area contributed by atoms with Gasteiger partial charge in [-0.15, -0.1) is 0 Å². The molecular formula is C26H29F3N2O. The molecule has 3 aromatic rings. The number of benzene rings is 3. The summed E-state index contributed by atoms with van der Waals surface area (Å²) in [5, 5.41) is 0. The molecule has 0 N–H and O–H groups in total. The Bertz CT molecular complexity index is 955. The van der Waals surface area contributed by atoms with Crippen molar-refractivity contribution in [1.29, 1.82) is 0 Å². The van der Waals surface area contributed by atoms with E-state index >= 15 is 0 Å². The van der Waals surface area contributed by atoms with Gasteiger partial charge in [-0.05, 0) is 54.6 Å². The molecule has 0 aromatic heterocycles. The summed E-state index contributed by atoms with van der Waals surface area (Å²) in [6.07, 6.45) is -3.91. The second kappa shape index (κ2) is 10.6. The first kappa shape index (κ1) is 23.7. The number of halogens is 3. The van der Waals surface area contributed by atoms with Crippen LogP contribution in [0.1, 0.15) is 29.2 Å². The molecule has 0 fully saturated rings. The van der Waals surface area contributed by atoms with Crippen molar-refractivity contribution in [3.8, 4) is 5.75 Å². The number of anilines is 1. The third-order valence-corrected chi connectivity index (χ3v) is 5.31. The Morgan fingerprint density at radius 1 is 0.812 bits per heavy atom. The molecule has 0 aliphatic carbocycles. The van der Waals surface area contributed by atoms with E-state index in [1.807, 2.05) is 44.4 Å². The lowest BCUT2D eigenvalue weighted by Gasteiger charge is -2.24. The molecule has 1 atom stereocenters. The topological polar surface area (TPSA) is 15.7 Å². The van der Waals surface area contributed by atoms with Gasteiger partial charge >= 0.3 is 6.18 Å². The van der Waals surface area contributed by atoms with Crippen LogP contribution in [-0.2, 0) is 12.7 Å². The maximum Gasteiger partial charge on any atom is 0.416 e. The zero-order valence-corrected chi connectivity index (χ0v) is 18.6. The van der Waals surface area contributed by atoms with E-state index in [9.17, 15) is 13.2 Å². The number of ether oxygens (including phenoxy) is 1. The smallest absolute Gasteiger partial charge is 0.416 e. The highest BCUT2D eigenvalue weighted by Crippen LogP contribution is 2.32. The van der Waals surface area contributed by atoms with Gasteiger partial charge in [0, 0.05) is 39.3 Å². The van der Waals surface area contributed by atoms with E-state index in [1.165, 1.54) is 17.7 Å². The zero-order chi connectivity index (χ0) is 23.1. The van der Waals surface area contributed by atoms with E-state index in [1.54, 1.807) is 0 Å². The second-order valence-electron chi connectivity index (χ2n) is 8.13. The normalized spacial score (nSPS) is 12.6. The lowest BCUT2D eigenvalue weighted by molar-refractivity contribution is -0.137. The molecule has 170 valence electrons. The third-order valence-electron chi connectivity index (χ3n) is 5.31. The molecule has 0 aliphatic rings. The first-order chi connectivity index (χ1) is 15.2. The Kier molecular flexibility index (Phi) is 7.80. The van der Waals surface area contributed by atoms with E-state index in [0.29, 0.717) is 12.2 Å². The van der Waals surface area contributed by atoms with Crippen LogP contribution in [0.5, 0.6) is 5.75 Å². The van der Waals surface area contributed by atoms with Crippen molar-refractivity contribution in [2.45, 2.75) is 25.2 Å². The predicted molar refractivity (Wildman–Crippen MR) is 123 cm³/mol. The van der Waals surface area contributed by atoms with Crippen molar-refractivity contribution in [2.24, 2.45) is 0 Å². The molecule has 0 radical (unpaired) electrons. The van der Waals surface area contributed by atoms with Gasteiger partial charge in [-0.25, -0.2) is 0 Å².